The van der Waals surface area contributed by atoms with Gasteiger partial charge in [0.15, 0.2) is 0 Å². The molecule has 142 valence electrons. The summed E-state index contributed by atoms with van der Waals surface area (Å²) in [5.41, 5.74) is 1.79. The molecule has 3 atom stereocenters. The van der Waals surface area contributed by atoms with Crippen molar-refractivity contribution in [3.05, 3.63) is 47.5 Å². The van der Waals surface area contributed by atoms with Crippen LogP contribution in [0, 0.1) is 5.92 Å². The fourth-order valence-corrected chi connectivity index (χ4v) is 4.56. The van der Waals surface area contributed by atoms with Crippen molar-refractivity contribution in [1.29, 1.82) is 0 Å². The number of ether oxygens (including phenoxy) is 1. The van der Waals surface area contributed by atoms with Gasteiger partial charge >= 0.3 is 5.97 Å². The van der Waals surface area contributed by atoms with Crippen LogP contribution in [-0.2, 0) is 16.1 Å². The van der Waals surface area contributed by atoms with E-state index in [0.717, 1.165) is 37.7 Å². The maximum atomic E-state index is 12.2. The summed E-state index contributed by atoms with van der Waals surface area (Å²) in [6, 6.07) is 10.1. The maximum Gasteiger partial charge on any atom is 0.333 e. The SMILES string of the molecule is C/C(=C\C[C@H]1CCC[C@]2(CCC[C@@H]2CO)N1)C(=O)OCc1ccccc1. The molecule has 0 aromatic heterocycles. The molecule has 2 N–H and O–H groups in total. The number of carbonyl (C=O) groups excluding carboxylic acids is 1. The van der Waals surface area contributed by atoms with E-state index in [1.165, 1.54) is 12.8 Å². The van der Waals surface area contributed by atoms with Crippen LogP contribution < -0.4 is 5.32 Å². The third kappa shape index (κ3) is 4.54. The highest BCUT2D eigenvalue weighted by Gasteiger charge is 2.44. The molecule has 1 aromatic carbocycles. The third-order valence-electron chi connectivity index (χ3n) is 6.09. The molecule has 4 nitrogen and oxygen atoms in total. The van der Waals surface area contributed by atoms with Crippen LogP contribution in [0.4, 0.5) is 0 Å². The molecular formula is C22H31NO3. The lowest BCUT2D eigenvalue weighted by Crippen LogP contribution is -2.56. The van der Waals surface area contributed by atoms with Crippen LogP contribution in [-0.4, -0.2) is 29.3 Å². The van der Waals surface area contributed by atoms with Crippen molar-refractivity contribution in [3.63, 3.8) is 0 Å². The van der Waals surface area contributed by atoms with Crippen LogP contribution in [0.5, 0.6) is 0 Å². The van der Waals surface area contributed by atoms with Crippen LogP contribution in [0.15, 0.2) is 42.0 Å². The smallest absolute Gasteiger partial charge is 0.333 e. The van der Waals surface area contributed by atoms with E-state index in [-0.39, 0.29) is 18.1 Å². The van der Waals surface area contributed by atoms with E-state index in [1.807, 2.05) is 43.3 Å². The first kappa shape index (κ1) is 19.1. The Morgan fingerprint density at radius 1 is 1.27 bits per heavy atom. The molecule has 1 aliphatic heterocycles. The van der Waals surface area contributed by atoms with Crippen LogP contribution in [0.3, 0.4) is 0 Å². The van der Waals surface area contributed by atoms with Crippen LogP contribution in [0.1, 0.15) is 57.4 Å². The average Bonchev–Trinajstić information content (AvgIpc) is 3.06. The first-order chi connectivity index (χ1) is 12.6. The van der Waals surface area contributed by atoms with Crippen LogP contribution >= 0.6 is 0 Å². The number of carbonyl (C=O) groups is 1. The van der Waals surface area contributed by atoms with Gasteiger partial charge in [0.25, 0.3) is 0 Å². The number of esters is 1. The van der Waals surface area contributed by atoms with E-state index in [4.69, 9.17) is 4.74 Å². The normalized spacial score (nSPS) is 29.1. The van der Waals surface area contributed by atoms with Crippen LogP contribution in [0.25, 0.3) is 0 Å². The van der Waals surface area contributed by atoms with Crippen molar-refractivity contribution >= 4 is 5.97 Å². The topological polar surface area (TPSA) is 58.6 Å². The van der Waals surface area contributed by atoms with Gasteiger partial charge in [-0.15, -0.1) is 0 Å². The van der Waals surface area contributed by atoms with E-state index < -0.39 is 0 Å². The summed E-state index contributed by atoms with van der Waals surface area (Å²) >= 11 is 0. The lowest BCUT2D eigenvalue weighted by molar-refractivity contribution is -0.140. The second-order valence-electron chi connectivity index (χ2n) is 7.85. The molecule has 1 aliphatic carbocycles. The molecule has 0 radical (unpaired) electrons. The highest BCUT2D eigenvalue weighted by Crippen LogP contribution is 2.42. The van der Waals surface area contributed by atoms with Gasteiger partial charge in [-0.05, 0) is 44.6 Å². The molecule has 0 bridgehead atoms. The van der Waals surface area contributed by atoms with E-state index in [2.05, 4.69) is 5.32 Å². The standard InChI is InChI=1S/C22H31NO3/c1-17(21(25)26-16-18-7-3-2-4-8-18)11-12-20-10-6-14-22(23-20)13-5-9-19(22)15-24/h2-4,7-8,11,19-20,23-24H,5-6,9-10,12-16H2,1H3/b17-11+/t19-,20-,22+/m1/s1. The second-order valence-corrected chi connectivity index (χ2v) is 7.85. The first-order valence-corrected chi connectivity index (χ1v) is 9.89. The minimum atomic E-state index is -0.242. The summed E-state index contributed by atoms with van der Waals surface area (Å²) in [4.78, 5) is 12.2. The molecule has 26 heavy (non-hydrogen) atoms. The molecule has 1 saturated carbocycles. The molecule has 3 rings (SSSR count). The molecule has 1 spiro atoms. The third-order valence-corrected chi connectivity index (χ3v) is 6.09. The number of rotatable bonds is 6. The van der Waals surface area contributed by atoms with E-state index in [9.17, 15) is 9.90 Å². The predicted octanol–water partition coefficient (Wildman–Crippen LogP) is 3.74. The van der Waals surface area contributed by atoms with Gasteiger partial charge in [-0.25, -0.2) is 4.79 Å². The Kier molecular flexibility index (Phi) is 6.49. The molecule has 4 heteroatoms. The lowest BCUT2D eigenvalue weighted by Gasteiger charge is -2.43. The van der Waals surface area contributed by atoms with Crippen molar-refractivity contribution in [2.45, 2.75) is 70.1 Å². The van der Waals surface area contributed by atoms with Gasteiger partial charge in [0.2, 0.25) is 0 Å². The summed E-state index contributed by atoms with van der Waals surface area (Å²) in [6.07, 6.45) is 9.82. The van der Waals surface area contributed by atoms with Crippen molar-refractivity contribution < 1.29 is 14.6 Å². The number of aliphatic hydroxyl groups is 1. The van der Waals surface area contributed by atoms with Gasteiger partial charge in [0.05, 0.1) is 0 Å². The summed E-state index contributed by atoms with van der Waals surface area (Å²) < 4.78 is 5.40. The Bertz CT molecular complexity index is 628. The largest absolute Gasteiger partial charge is 0.457 e. The lowest BCUT2D eigenvalue weighted by atomic mass is 9.78. The van der Waals surface area contributed by atoms with Crippen molar-refractivity contribution in [3.8, 4) is 0 Å². The molecule has 0 unspecified atom stereocenters. The fraction of sp³-hybridized carbons (Fsp3) is 0.591. The van der Waals surface area contributed by atoms with Gasteiger partial charge in [0, 0.05) is 29.7 Å². The Labute approximate surface area is 156 Å². The maximum absolute atomic E-state index is 12.2. The predicted molar refractivity (Wildman–Crippen MR) is 103 cm³/mol. The molecule has 2 fully saturated rings. The molecule has 1 saturated heterocycles. The average molecular weight is 357 g/mol. The monoisotopic (exact) mass is 357 g/mol. The zero-order chi connectivity index (χ0) is 18.4. The molecule has 1 heterocycles. The van der Waals surface area contributed by atoms with Crippen molar-refractivity contribution in [1.82, 2.24) is 5.32 Å². The highest BCUT2D eigenvalue weighted by molar-refractivity contribution is 5.87. The van der Waals surface area contributed by atoms with E-state index >= 15 is 0 Å². The number of benzene rings is 1. The minimum Gasteiger partial charge on any atom is -0.457 e. The van der Waals surface area contributed by atoms with Gasteiger partial charge in [-0.1, -0.05) is 49.2 Å². The Hall–Kier alpha value is -1.65. The number of nitrogens with one attached hydrogen (secondary N) is 1. The summed E-state index contributed by atoms with van der Waals surface area (Å²) in [5, 5.41) is 13.5. The second kappa shape index (κ2) is 8.83. The Morgan fingerprint density at radius 3 is 2.73 bits per heavy atom. The van der Waals surface area contributed by atoms with Gasteiger partial charge < -0.3 is 15.2 Å². The number of aliphatic hydroxyl groups excluding tert-OH is 1. The first-order valence-electron chi connectivity index (χ1n) is 9.89. The quantitative estimate of drug-likeness (QED) is 0.601. The molecular weight excluding hydrogens is 326 g/mol. The van der Waals surface area contributed by atoms with Gasteiger partial charge in [-0.2, -0.15) is 0 Å². The summed E-state index contributed by atoms with van der Waals surface area (Å²) in [5.74, 6) is 0.139. The van der Waals surface area contributed by atoms with E-state index in [1.54, 1.807) is 0 Å². The number of hydrogen-bond donors (Lipinski definition) is 2. The zero-order valence-electron chi connectivity index (χ0n) is 15.7. The van der Waals surface area contributed by atoms with Gasteiger partial charge in [-0.3, -0.25) is 0 Å². The molecule has 0 amide bonds. The zero-order valence-corrected chi connectivity index (χ0v) is 15.7. The Balaban J connectivity index is 1.51. The fourth-order valence-electron chi connectivity index (χ4n) is 4.56. The van der Waals surface area contributed by atoms with Gasteiger partial charge in [0.1, 0.15) is 6.61 Å². The van der Waals surface area contributed by atoms with Crippen molar-refractivity contribution in [2.75, 3.05) is 6.61 Å². The highest BCUT2D eigenvalue weighted by atomic mass is 16.5. The molecule has 2 aliphatic rings. The number of hydrogen-bond acceptors (Lipinski definition) is 4. The summed E-state index contributed by atoms with van der Waals surface area (Å²) in [7, 11) is 0. The minimum absolute atomic E-state index is 0.118. The Morgan fingerprint density at radius 2 is 2.00 bits per heavy atom. The van der Waals surface area contributed by atoms with Crippen molar-refractivity contribution in [2.24, 2.45) is 5.92 Å². The van der Waals surface area contributed by atoms with E-state index in [0.29, 0.717) is 24.1 Å². The van der Waals surface area contributed by atoms with Crippen LogP contribution in [0.2, 0.25) is 0 Å². The molecule has 1 aromatic rings. The number of piperidine rings is 1. The summed E-state index contributed by atoms with van der Waals surface area (Å²) in [6.45, 7) is 2.42.